The molecule has 36 heavy (non-hydrogen) atoms. The highest BCUT2D eigenvalue weighted by Gasteiger charge is 2.54. The summed E-state index contributed by atoms with van der Waals surface area (Å²) >= 11 is 0. The summed E-state index contributed by atoms with van der Waals surface area (Å²) in [5.74, 6) is 0. The van der Waals surface area contributed by atoms with Gasteiger partial charge in [0, 0.05) is 52.5 Å². The van der Waals surface area contributed by atoms with Crippen molar-refractivity contribution in [3.05, 3.63) is 70.4 Å². The molecule has 2 N–H and O–H groups in total. The molecule has 5 heterocycles. The van der Waals surface area contributed by atoms with Crippen molar-refractivity contribution in [3.63, 3.8) is 0 Å². The lowest BCUT2D eigenvalue weighted by molar-refractivity contribution is -0.445. The summed E-state index contributed by atoms with van der Waals surface area (Å²) in [5, 5.41) is 19.6. The minimum absolute atomic E-state index is 0.0640. The molecule has 2 unspecified atom stereocenters. The Hall–Kier alpha value is -2.60. The molecule has 2 atom stereocenters. The quantitative estimate of drug-likeness (QED) is 0.508. The number of benzene rings is 2. The van der Waals surface area contributed by atoms with E-state index in [9.17, 15) is 10.0 Å². The average molecular weight is 479 g/mol. The van der Waals surface area contributed by atoms with E-state index >= 15 is 0 Å². The molecule has 0 spiro atoms. The van der Waals surface area contributed by atoms with Crippen molar-refractivity contribution in [3.8, 4) is 0 Å². The van der Waals surface area contributed by atoms with Gasteiger partial charge in [0.15, 0.2) is 12.3 Å². The lowest BCUT2D eigenvalue weighted by atomic mass is 9.72. The van der Waals surface area contributed by atoms with Gasteiger partial charge in [-0.15, -0.1) is 0 Å². The smallest absolute Gasteiger partial charge is 0.304 e. The molecule has 0 saturated heterocycles. The van der Waals surface area contributed by atoms with Crippen LogP contribution in [0.3, 0.4) is 0 Å². The van der Waals surface area contributed by atoms with E-state index in [4.69, 9.17) is 4.74 Å². The molecule has 7 heteroatoms. The maximum absolute atomic E-state index is 9.78. The predicted octanol–water partition coefficient (Wildman–Crippen LogP) is 1.55. The molecule has 0 bridgehead atoms. The Bertz CT molecular complexity index is 1420. The normalized spacial score (nSPS) is 26.4. The van der Waals surface area contributed by atoms with E-state index in [0.717, 1.165) is 36.9 Å². The van der Waals surface area contributed by atoms with E-state index in [0.29, 0.717) is 0 Å². The van der Waals surface area contributed by atoms with Crippen molar-refractivity contribution in [2.45, 2.75) is 63.6 Å². The molecule has 0 radical (unpaired) electrons. The molecule has 7 rings (SSSR count). The third-order valence-corrected chi connectivity index (χ3v) is 9.25. The minimum atomic E-state index is -0.162. The highest BCUT2D eigenvalue weighted by atomic mass is 16.5. The SMILES string of the molecule is CC1(C)C2=C3C=C4C5=[N+](CCC4OC3CCN2c2ccc(BO)cc21)c1ccc(BO)cc1C5(C)C. The fourth-order valence-corrected chi connectivity index (χ4v) is 7.58. The summed E-state index contributed by atoms with van der Waals surface area (Å²) in [7, 11) is 0.128. The van der Waals surface area contributed by atoms with Crippen LogP contribution >= 0.6 is 0 Å². The number of hydrogen-bond acceptors (Lipinski definition) is 4. The molecule has 5 nitrogen and oxygen atoms in total. The zero-order chi connectivity index (χ0) is 25.0. The van der Waals surface area contributed by atoms with Crippen molar-refractivity contribution < 1.29 is 19.4 Å². The Kier molecular flexibility index (Phi) is 4.69. The van der Waals surface area contributed by atoms with Gasteiger partial charge in [-0.1, -0.05) is 49.0 Å². The Balaban J connectivity index is 1.41. The molecular formula is C29H33B2N2O3+. The number of rotatable bonds is 2. The van der Waals surface area contributed by atoms with Gasteiger partial charge in [0.2, 0.25) is 5.69 Å². The molecular weight excluding hydrogens is 446 g/mol. The number of nitrogens with zero attached hydrogens (tertiary/aromatic N) is 2. The number of allylic oxidation sites excluding steroid dienone is 1. The van der Waals surface area contributed by atoms with Gasteiger partial charge < -0.3 is 19.7 Å². The number of hydrogen-bond donors (Lipinski definition) is 2. The first-order chi connectivity index (χ1) is 17.3. The molecule has 5 aliphatic heterocycles. The van der Waals surface area contributed by atoms with Gasteiger partial charge in [-0.3, -0.25) is 0 Å². The summed E-state index contributed by atoms with van der Waals surface area (Å²) in [6, 6.07) is 12.8. The molecule has 2 aromatic carbocycles. The van der Waals surface area contributed by atoms with Gasteiger partial charge in [0.1, 0.15) is 0 Å². The fourth-order valence-electron chi connectivity index (χ4n) is 7.58. The summed E-state index contributed by atoms with van der Waals surface area (Å²) in [4.78, 5) is 2.50. The van der Waals surface area contributed by atoms with Crippen LogP contribution in [-0.2, 0) is 15.6 Å². The molecule has 5 aliphatic rings. The van der Waals surface area contributed by atoms with Crippen LogP contribution in [0.5, 0.6) is 0 Å². The lowest BCUT2D eigenvalue weighted by Crippen LogP contribution is -2.47. The molecule has 2 aromatic rings. The van der Waals surface area contributed by atoms with Crippen LogP contribution in [0.2, 0.25) is 0 Å². The predicted molar refractivity (Wildman–Crippen MR) is 147 cm³/mol. The Labute approximate surface area is 214 Å². The Morgan fingerprint density at radius 3 is 2.39 bits per heavy atom. The van der Waals surface area contributed by atoms with Crippen LogP contribution in [0.25, 0.3) is 0 Å². The monoisotopic (exact) mass is 479 g/mol. The van der Waals surface area contributed by atoms with Crippen LogP contribution < -0.4 is 15.8 Å². The van der Waals surface area contributed by atoms with Crippen LogP contribution in [0, 0.1) is 0 Å². The Morgan fingerprint density at radius 1 is 0.917 bits per heavy atom. The van der Waals surface area contributed by atoms with Gasteiger partial charge in [0.25, 0.3) is 0 Å². The number of fused-ring (bicyclic) bond motifs is 8. The number of ether oxygens (including phenoxy) is 1. The maximum Gasteiger partial charge on any atom is 0.304 e. The maximum atomic E-state index is 9.78. The second-order valence-corrected chi connectivity index (χ2v) is 12.0. The largest absolute Gasteiger partial charge is 0.449 e. The summed E-state index contributed by atoms with van der Waals surface area (Å²) < 4.78 is 9.40. The third kappa shape index (κ3) is 2.82. The van der Waals surface area contributed by atoms with Crippen LogP contribution in [0.4, 0.5) is 11.4 Å². The second-order valence-electron chi connectivity index (χ2n) is 12.0. The summed E-state index contributed by atoms with van der Waals surface area (Å²) in [6.45, 7) is 11.2. The van der Waals surface area contributed by atoms with Gasteiger partial charge in [-0.05, 0) is 38.0 Å². The average Bonchev–Trinajstić information content (AvgIpc) is 3.26. The van der Waals surface area contributed by atoms with E-state index in [1.807, 2.05) is 12.1 Å². The Morgan fingerprint density at radius 2 is 1.64 bits per heavy atom. The summed E-state index contributed by atoms with van der Waals surface area (Å²) in [6.07, 6.45) is 4.69. The third-order valence-electron chi connectivity index (χ3n) is 9.25. The van der Waals surface area contributed by atoms with E-state index in [-0.39, 0.29) is 38.0 Å². The number of anilines is 1. The molecule has 0 fully saturated rings. The van der Waals surface area contributed by atoms with Crippen molar-refractivity contribution >= 4 is 43.0 Å². The van der Waals surface area contributed by atoms with E-state index in [1.54, 1.807) is 0 Å². The van der Waals surface area contributed by atoms with Crippen LogP contribution in [0.15, 0.2) is 59.3 Å². The van der Waals surface area contributed by atoms with Gasteiger partial charge in [-0.2, -0.15) is 4.58 Å². The van der Waals surface area contributed by atoms with Crippen molar-refractivity contribution in [2.24, 2.45) is 0 Å². The first kappa shape index (κ1) is 22.6. The topological polar surface area (TPSA) is 55.9 Å². The zero-order valence-electron chi connectivity index (χ0n) is 21.6. The first-order valence-corrected chi connectivity index (χ1v) is 13.3. The van der Waals surface area contributed by atoms with Crippen LogP contribution in [-0.4, -0.2) is 60.6 Å². The second kappa shape index (κ2) is 7.47. The van der Waals surface area contributed by atoms with E-state index < -0.39 is 0 Å². The molecule has 0 saturated carbocycles. The van der Waals surface area contributed by atoms with Crippen molar-refractivity contribution in [1.29, 1.82) is 0 Å². The fraction of sp³-hybridized carbons (Fsp3) is 0.414. The highest BCUT2D eigenvalue weighted by molar-refractivity contribution is 6.46. The van der Waals surface area contributed by atoms with Crippen molar-refractivity contribution in [2.75, 3.05) is 18.0 Å². The van der Waals surface area contributed by atoms with E-state index in [1.165, 1.54) is 45.1 Å². The molecule has 0 aromatic heterocycles. The standard InChI is InChI=1S/C29H33B2N2O3/c1-28(2)20-13-16(30-34)5-7-22(20)32-11-9-24-18(26(28)32)15-19-25(36-24)10-12-33-23-8-6-17(31-35)14-21(23)29(3,4)27(19)33/h5-8,13-15,24-25,30-31,34-35H,9-12H2,1-4H3/q+1. The van der Waals surface area contributed by atoms with Gasteiger partial charge >= 0.3 is 15.0 Å². The highest BCUT2D eigenvalue weighted by Crippen LogP contribution is 2.53. The first-order valence-electron chi connectivity index (χ1n) is 13.3. The minimum Gasteiger partial charge on any atom is -0.449 e. The van der Waals surface area contributed by atoms with Crippen LogP contribution in [0.1, 0.15) is 51.7 Å². The van der Waals surface area contributed by atoms with Gasteiger partial charge in [0.05, 0.1) is 17.6 Å². The zero-order valence-corrected chi connectivity index (χ0v) is 21.6. The molecule has 0 aliphatic carbocycles. The summed E-state index contributed by atoms with van der Waals surface area (Å²) in [5.41, 5.74) is 12.1. The lowest BCUT2D eigenvalue weighted by Gasteiger charge is -2.42. The van der Waals surface area contributed by atoms with Gasteiger partial charge in [-0.25, -0.2) is 0 Å². The molecule has 0 amide bonds. The molecule has 182 valence electrons. The van der Waals surface area contributed by atoms with E-state index in [2.05, 4.69) is 67.5 Å². The van der Waals surface area contributed by atoms with Crippen molar-refractivity contribution in [1.82, 2.24) is 0 Å².